The Kier molecular flexibility index (Phi) is 3.23. The summed E-state index contributed by atoms with van der Waals surface area (Å²) < 4.78 is 0. The molecule has 1 atom stereocenters. The van der Waals surface area contributed by atoms with Crippen LogP contribution in [0.25, 0.3) is 0 Å². The standard InChI is InChI=1S/C10H15NO/c1-3-8(2)9-4-5-10(7-12)11-6-9/h4-6,8,12H,3,7H2,1-2H3. The van der Waals surface area contributed by atoms with Gasteiger partial charge in [-0.3, -0.25) is 4.98 Å². The molecule has 0 aliphatic carbocycles. The molecule has 0 fully saturated rings. The molecule has 0 spiro atoms. The Morgan fingerprint density at radius 3 is 2.67 bits per heavy atom. The Morgan fingerprint density at radius 1 is 1.50 bits per heavy atom. The van der Waals surface area contributed by atoms with Gasteiger partial charge < -0.3 is 5.11 Å². The van der Waals surface area contributed by atoms with Gasteiger partial charge in [0.25, 0.3) is 0 Å². The van der Waals surface area contributed by atoms with E-state index in [4.69, 9.17) is 5.11 Å². The van der Waals surface area contributed by atoms with E-state index in [9.17, 15) is 0 Å². The quantitative estimate of drug-likeness (QED) is 0.744. The van der Waals surface area contributed by atoms with E-state index < -0.39 is 0 Å². The fourth-order valence-corrected chi connectivity index (χ4v) is 1.06. The van der Waals surface area contributed by atoms with E-state index in [1.54, 1.807) is 0 Å². The van der Waals surface area contributed by atoms with Crippen LogP contribution in [0, 0.1) is 0 Å². The fraction of sp³-hybridized carbons (Fsp3) is 0.500. The molecule has 0 aliphatic heterocycles. The molecule has 12 heavy (non-hydrogen) atoms. The van der Waals surface area contributed by atoms with Crippen molar-refractivity contribution in [2.24, 2.45) is 0 Å². The van der Waals surface area contributed by atoms with Crippen LogP contribution in [0.15, 0.2) is 18.3 Å². The summed E-state index contributed by atoms with van der Waals surface area (Å²) in [5, 5.41) is 8.76. The summed E-state index contributed by atoms with van der Waals surface area (Å²) in [7, 11) is 0. The second-order valence-corrected chi connectivity index (χ2v) is 3.05. The second-order valence-electron chi connectivity index (χ2n) is 3.05. The minimum atomic E-state index is 0.0286. The summed E-state index contributed by atoms with van der Waals surface area (Å²) in [6.07, 6.45) is 2.97. The lowest BCUT2D eigenvalue weighted by Crippen LogP contribution is -1.94. The van der Waals surface area contributed by atoms with Gasteiger partial charge in [0, 0.05) is 6.20 Å². The number of nitrogens with zero attached hydrogens (tertiary/aromatic N) is 1. The number of pyridine rings is 1. The minimum Gasteiger partial charge on any atom is -0.390 e. The Labute approximate surface area is 73.3 Å². The average molecular weight is 165 g/mol. The summed E-state index contributed by atoms with van der Waals surface area (Å²) in [6, 6.07) is 3.91. The molecule has 0 aromatic carbocycles. The molecule has 1 aromatic heterocycles. The van der Waals surface area contributed by atoms with E-state index >= 15 is 0 Å². The van der Waals surface area contributed by atoms with Gasteiger partial charge in [0.15, 0.2) is 0 Å². The minimum absolute atomic E-state index is 0.0286. The first kappa shape index (κ1) is 9.20. The van der Waals surface area contributed by atoms with Crippen molar-refractivity contribution < 1.29 is 5.11 Å². The monoisotopic (exact) mass is 165 g/mol. The van der Waals surface area contributed by atoms with Crippen LogP contribution in [0.2, 0.25) is 0 Å². The number of aliphatic hydroxyl groups is 1. The first-order valence-electron chi connectivity index (χ1n) is 4.33. The van der Waals surface area contributed by atoms with Crippen molar-refractivity contribution in [1.82, 2.24) is 4.98 Å². The molecule has 0 aliphatic rings. The average Bonchev–Trinajstić information content (AvgIpc) is 2.17. The van der Waals surface area contributed by atoms with E-state index in [1.807, 2.05) is 18.3 Å². The van der Waals surface area contributed by atoms with E-state index in [1.165, 1.54) is 5.56 Å². The zero-order valence-corrected chi connectivity index (χ0v) is 7.62. The molecule has 0 bridgehead atoms. The van der Waals surface area contributed by atoms with E-state index in [-0.39, 0.29) is 6.61 Å². The summed E-state index contributed by atoms with van der Waals surface area (Å²) in [5.41, 5.74) is 1.98. The van der Waals surface area contributed by atoms with Gasteiger partial charge in [-0.2, -0.15) is 0 Å². The van der Waals surface area contributed by atoms with Crippen LogP contribution < -0.4 is 0 Å². The van der Waals surface area contributed by atoms with Crippen molar-refractivity contribution in [2.75, 3.05) is 0 Å². The van der Waals surface area contributed by atoms with Crippen LogP contribution in [-0.2, 0) is 6.61 Å². The number of hydrogen-bond donors (Lipinski definition) is 1. The number of hydrogen-bond acceptors (Lipinski definition) is 2. The Hall–Kier alpha value is -0.890. The zero-order chi connectivity index (χ0) is 8.97. The SMILES string of the molecule is CCC(C)c1ccc(CO)nc1. The molecule has 0 amide bonds. The van der Waals surface area contributed by atoms with Gasteiger partial charge in [-0.25, -0.2) is 0 Å². The summed E-state index contributed by atoms with van der Waals surface area (Å²) in [4.78, 5) is 4.12. The second kappa shape index (κ2) is 4.21. The molecule has 66 valence electrons. The highest BCUT2D eigenvalue weighted by atomic mass is 16.3. The number of aromatic nitrogens is 1. The lowest BCUT2D eigenvalue weighted by atomic mass is 10.0. The molecule has 2 heteroatoms. The summed E-state index contributed by atoms with van der Waals surface area (Å²) >= 11 is 0. The van der Waals surface area contributed by atoms with Crippen LogP contribution in [0.1, 0.15) is 37.4 Å². The largest absolute Gasteiger partial charge is 0.390 e. The zero-order valence-electron chi connectivity index (χ0n) is 7.62. The molecule has 1 N–H and O–H groups in total. The first-order chi connectivity index (χ1) is 5.77. The highest BCUT2D eigenvalue weighted by Gasteiger charge is 2.02. The van der Waals surface area contributed by atoms with Crippen molar-refractivity contribution in [3.63, 3.8) is 0 Å². The molecule has 1 rings (SSSR count). The van der Waals surface area contributed by atoms with Crippen LogP contribution in [0.5, 0.6) is 0 Å². The third kappa shape index (κ3) is 2.05. The summed E-state index contributed by atoms with van der Waals surface area (Å²) in [6.45, 7) is 4.36. The van der Waals surface area contributed by atoms with Gasteiger partial charge in [-0.1, -0.05) is 19.9 Å². The lowest BCUT2D eigenvalue weighted by Gasteiger charge is -2.07. The molecule has 0 saturated carbocycles. The normalized spacial score (nSPS) is 12.9. The van der Waals surface area contributed by atoms with Crippen LogP contribution in [0.4, 0.5) is 0 Å². The van der Waals surface area contributed by atoms with Crippen molar-refractivity contribution in [1.29, 1.82) is 0 Å². The summed E-state index contributed by atoms with van der Waals surface area (Å²) in [5.74, 6) is 0.560. The predicted molar refractivity (Wildman–Crippen MR) is 48.9 cm³/mol. The van der Waals surface area contributed by atoms with Gasteiger partial charge >= 0.3 is 0 Å². The number of rotatable bonds is 3. The molecule has 1 heterocycles. The number of aliphatic hydroxyl groups excluding tert-OH is 1. The Bertz CT molecular complexity index is 230. The molecular weight excluding hydrogens is 150 g/mol. The maximum absolute atomic E-state index is 8.76. The smallest absolute Gasteiger partial charge is 0.0852 e. The molecule has 2 nitrogen and oxygen atoms in total. The fourth-order valence-electron chi connectivity index (χ4n) is 1.06. The maximum Gasteiger partial charge on any atom is 0.0852 e. The van der Waals surface area contributed by atoms with Crippen molar-refractivity contribution in [3.8, 4) is 0 Å². The van der Waals surface area contributed by atoms with Gasteiger partial charge in [-0.15, -0.1) is 0 Å². The molecule has 0 saturated heterocycles. The highest BCUT2D eigenvalue weighted by Crippen LogP contribution is 2.17. The van der Waals surface area contributed by atoms with Crippen molar-refractivity contribution >= 4 is 0 Å². The van der Waals surface area contributed by atoms with E-state index in [2.05, 4.69) is 18.8 Å². The highest BCUT2D eigenvalue weighted by molar-refractivity contribution is 5.17. The van der Waals surface area contributed by atoms with Crippen molar-refractivity contribution in [2.45, 2.75) is 32.8 Å². The topological polar surface area (TPSA) is 33.1 Å². The van der Waals surface area contributed by atoms with E-state index in [0.29, 0.717) is 5.92 Å². The molecule has 1 unspecified atom stereocenters. The van der Waals surface area contributed by atoms with Gasteiger partial charge in [-0.05, 0) is 24.0 Å². The van der Waals surface area contributed by atoms with E-state index in [0.717, 1.165) is 12.1 Å². The van der Waals surface area contributed by atoms with Gasteiger partial charge in [0.1, 0.15) is 0 Å². The molecular formula is C10H15NO. The first-order valence-corrected chi connectivity index (χ1v) is 4.33. The third-order valence-electron chi connectivity index (χ3n) is 2.19. The Morgan fingerprint density at radius 2 is 2.25 bits per heavy atom. The van der Waals surface area contributed by atoms with Crippen LogP contribution >= 0.6 is 0 Å². The van der Waals surface area contributed by atoms with Crippen LogP contribution in [-0.4, -0.2) is 10.1 Å². The van der Waals surface area contributed by atoms with Gasteiger partial charge in [0.05, 0.1) is 12.3 Å². The lowest BCUT2D eigenvalue weighted by molar-refractivity contribution is 0.277. The molecule has 1 aromatic rings. The van der Waals surface area contributed by atoms with Gasteiger partial charge in [0.2, 0.25) is 0 Å². The Balaban J connectivity index is 2.77. The maximum atomic E-state index is 8.76. The third-order valence-corrected chi connectivity index (χ3v) is 2.19. The van der Waals surface area contributed by atoms with Crippen LogP contribution in [0.3, 0.4) is 0 Å². The molecule has 0 radical (unpaired) electrons. The predicted octanol–water partition coefficient (Wildman–Crippen LogP) is 2.09. The van der Waals surface area contributed by atoms with Crippen molar-refractivity contribution in [3.05, 3.63) is 29.6 Å².